The number of benzene rings is 1. The molecule has 0 radical (unpaired) electrons. The van der Waals surface area contributed by atoms with E-state index < -0.39 is 0 Å². The predicted octanol–water partition coefficient (Wildman–Crippen LogP) is 3.22. The third-order valence-electron chi connectivity index (χ3n) is 2.96. The fourth-order valence-corrected chi connectivity index (χ4v) is 2.34. The first-order valence-electron chi connectivity index (χ1n) is 6.55. The van der Waals surface area contributed by atoms with E-state index in [1.54, 1.807) is 6.33 Å². The number of rotatable bonds is 5. The average Bonchev–Trinajstić information content (AvgIpc) is 2.85. The molecule has 1 aromatic carbocycles. The second kappa shape index (κ2) is 6.37. The lowest BCUT2D eigenvalue weighted by Gasteiger charge is -2.15. The van der Waals surface area contributed by atoms with Gasteiger partial charge in [0.05, 0.1) is 0 Å². The van der Waals surface area contributed by atoms with Crippen molar-refractivity contribution >= 4 is 15.9 Å². The van der Waals surface area contributed by atoms with Gasteiger partial charge >= 0.3 is 0 Å². The smallest absolute Gasteiger partial charge is 0.165 e. The van der Waals surface area contributed by atoms with Crippen LogP contribution in [0, 0.1) is 0 Å². The van der Waals surface area contributed by atoms with Crippen LogP contribution < -0.4 is 10.5 Å². The Morgan fingerprint density at radius 2 is 2.10 bits per heavy atom. The summed E-state index contributed by atoms with van der Waals surface area (Å²) in [6, 6.07) is 6.00. The van der Waals surface area contributed by atoms with Crippen molar-refractivity contribution in [3.05, 3.63) is 40.4 Å². The van der Waals surface area contributed by atoms with Gasteiger partial charge in [-0.15, -0.1) is 0 Å². The Hall–Kier alpha value is -1.40. The van der Waals surface area contributed by atoms with Crippen LogP contribution in [0.2, 0.25) is 0 Å². The lowest BCUT2D eigenvalue weighted by Crippen LogP contribution is -2.12. The lowest BCUT2D eigenvalue weighted by atomic mass is 10.1. The van der Waals surface area contributed by atoms with Crippen molar-refractivity contribution in [2.75, 3.05) is 0 Å². The van der Waals surface area contributed by atoms with Gasteiger partial charge in [0.2, 0.25) is 0 Å². The number of hydrogen-bond acceptors (Lipinski definition) is 4. The second-order valence-electron chi connectivity index (χ2n) is 4.97. The van der Waals surface area contributed by atoms with Gasteiger partial charge in [-0.05, 0) is 39.0 Å². The van der Waals surface area contributed by atoms with Gasteiger partial charge in [0.1, 0.15) is 18.7 Å². The number of aromatic nitrogens is 3. The van der Waals surface area contributed by atoms with E-state index in [9.17, 15) is 0 Å². The number of nitrogens with zero attached hydrogens (tertiary/aromatic N) is 3. The van der Waals surface area contributed by atoms with Crippen LogP contribution in [0.4, 0.5) is 0 Å². The van der Waals surface area contributed by atoms with E-state index in [1.165, 1.54) is 0 Å². The van der Waals surface area contributed by atoms with Crippen LogP contribution in [0.5, 0.6) is 5.75 Å². The van der Waals surface area contributed by atoms with Crippen molar-refractivity contribution in [2.45, 2.75) is 39.5 Å². The molecule has 6 heteroatoms. The Kier molecular flexibility index (Phi) is 4.77. The molecule has 0 aliphatic carbocycles. The number of hydrogen-bond donors (Lipinski definition) is 1. The molecular formula is C14H19BrN4O. The number of halogens is 1. The van der Waals surface area contributed by atoms with Gasteiger partial charge < -0.3 is 10.5 Å². The summed E-state index contributed by atoms with van der Waals surface area (Å²) in [5.41, 5.74) is 6.94. The van der Waals surface area contributed by atoms with E-state index in [-0.39, 0.29) is 12.1 Å². The summed E-state index contributed by atoms with van der Waals surface area (Å²) >= 11 is 3.45. The minimum absolute atomic E-state index is 0.0922. The second-order valence-corrected chi connectivity index (χ2v) is 5.89. The SMILES string of the molecule is CC(N)c1cc(Br)ccc1OCc1ncnn1C(C)C. The Labute approximate surface area is 127 Å². The van der Waals surface area contributed by atoms with Gasteiger partial charge in [-0.1, -0.05) is 15.9 Å². The van der Waals surface area contributed by atoms with Crippen molar-refractivity contribution in [2.24, 2.45) is 5.73 Å². The standard InChI is InChI=1S/C14H19BrN4O/c1-9(2)19-14(17-8-18-19)7-20-13-5-4-11(15)6-12(13)10(3)16/h4-6,8-10H,7,16H2,1-3H3. The van der Waals surface area contributed by atoms with Crippen LogP contribution in [0.3, 0.4) is 0 Å². The molecule has 0 fully saturated rings. The van der Waals surface area contributed by atoms with E-state index in [2.05, 4.69) is 39.9 Å². The van der Waals surface area contributed by atoms with Gasteiger partial charge in [0.25, 0.3) is 0 Å². The van der Waals surface area contributed by atoms with Gasteiger partial charge in [-0.2, -0.15) is 5.10 Å². The molecular weight excluding hydrogens is 320 g/mol. The van der Waals surface area contributed by atoms with Crippen LogP contribution >= 0.6 is 15.9 Å². The van der Waals surface area contributed by atoms with Gasteiger partial charge in [-0.25, -0.2) is 9.67 Å². The van der Waals surface area contributed by atoms with E-state index in [0.29, 0.717) is 6.61 Å². The van der Waals surface area contributed by atoms with Crippen LogP contribution in [-0.4, -0.2) is 14.8 Å². The van der Waals surface area contributed by atoms with Crippen molar-refractivity contribution in [3.8, 4) is 5.75 Å². The summed E-state index contributed by atoms with van der Waals surface area (Å²) in [6.07, 6.45) is 1.55. The molecule has 0 aliphatic rings. The summed E-state index contributed by atoms with van der Waals surface area (Å²) < 4.78 is 8.70. The Morgan fingerprint density at radius 3 is 2.75 bits per heavy atom. The fraction of sp³-hybridized carbons (Fsp3) is 0.429. The molecule has 2 rings (SSSR count). The van der Waals surface area contributed by atoms with E-state index in [4.69, 9.17) is 10.5 Å². The molecule has 1 aromatic heterocycles. The van der Waals surface area contributed by atoms with E-state index >= 15 is 0 Å². The van der Waals surface area contributed by atoms with Crippen LogP contribution in [0.15, 0.2) is 29.0 Å². The molecule has 0 bridgehead atoms. The maximum Gasteiger partial charge on any atom is 0.165 e. The normalized spacial score (nSPS) is 12.7. The highest BCUT2D eigenvalue weighted by Gasteiger charge is 2.12. The quantitative estimate of drug-likeness (QED) is 0.908. The predicted molar refractivity (Wildman–Crippen MR) is 81.5 cm³/mol. The molecule has 0 saturated carbocycles. The fourth-order valence-electron chi connectivity index (χ4n) is 1.96. The van der Waals surface area contributed by atoms with Crippen molar-refractivity contribution in [1.82, 2.24) is 14.8 Å². The highest BCUT2D eigenvalue weighted by atomic mass is 79.9. The van der Waals surface area contributed by atoms with Crippen LogP contribution in [-0.2, 0) is 6.61 Å². The van der Waals surface area contributed by atoms with Gasteiger partial charge in [0, 0.05) is 22.1 Å². The molecule has 0 spiro atoms. The number of ether oxygens (including phenoxy) is 1. The third-order valence-corrected chi connectivity index (χ3v) is 3.45. The molecule has 2 aromatic rings. The summed E-state index contributed by atoms with van der Waals surface area (Å²) in [6.45, 7) is 6.43. The Morgan fingerprint density at radius 1 is 1.35 bits per heavy atom. The lowest BCUT2D eigenvalue weighted by molar-refractivity contribution is 0.278. The minimum Gasteiger partial charge on any atom is -0.485 e. The van der Waals surface area contributed by atoms with Crippen LogP contribution in [0.1, 0.15) is 44.2 Å². The average molecular weight is 339 g/mol. The molecule has 1 unspecified atom stereocenters. The molecule has 0 saturated heterocycles. The maximum atomic E-state index is 5.98. The molecule has 2 N–H and O–H groups in total. The molecule has 1 atom stereocenters. The first-order valence-corrected chi connectivity index (χ1v) is 7.34. The summed E-state index contributed by atoms with van der Waals surface area (Å²) in [4.78, 5) is 4.23. The Bertz CT molecular complexity index is 580. The highest BCUT2D eigenvalue weighted by Crippen LogP contribution is 2.28. The largest absolute Gasteiger partial charge is 0.485 e. The van der Waals surface area contributed by atoms with Gasteiger partial charge in [0.15, 0.2) is 5.82 Å². The van der Waals surface area contributed by atoms with Crippen molar-refractivity contribution in [1.29, 1.82) is 0 Å². The molecule has 1 heterocycles. The molecule has 5 nitrogen and oxygen atoms in total. The molecule has 0 aliphatic heterocycles. The zero-order valence-corrected chi connectivity index (χ0v) is 13.5. The van der Waals surface area contributed by atoms with Crippen LogP contribution in [0.25, 0.3) is 0 Å². The minimum atomic E-state index is -0.0922. The molecule has 20 heavy (non-hydrogen) atoms. The monoisotopic (exact) mass is 338 g/mol. The van der Waals surface area contributed by atoms with Gasteiger partial charge in [-0.3, -0.25) is 0 Å². The maximum absolute atomic E-state index is 5.98. The number of nitrogens with two attached hydrogens (primary N) is 1. The van der Waals surface area contributed by atoms with Crippen molar-refractivity contribution < 1.29 is 4.74 Å². The first kappa shape index (κ1) is 15.0. The molecule has 0 amide bonds. The summed E-state index contributed by atoms with van der Waals surface area (Å²) in [7, 11) is 0. The Balaban J connectivity index is 2.17. The van der Waals surface area contributed by atoms with E-state index in [0.717, 1.165) is 21.6 Å². The first-order chi connectivity index (χ1) is 9.49. The summed E-state index contributed by atoms with van der Waals surface area (Å²) in [5.74, 6) is 1.58. The zero-order chi connectivity index (χ0) is 14.7. The topological polar surface area (TPSA) is 66.0 Å². The zero-order valence-electron chi connectivity index (χ0n) is 11.9. The summed E-state index contributed by atoms with van der Waals surface area (Å²) in [5, 5.41) is 4.19. The molecule has 108 valence electrons. The highest BCUT2D eigenvalue weighted by molar-refractivity contribution is 9.10. The van der Waals surface area contributed by atoms with Crippen molar-refractivity contribution in [3.63, 3.8) is 0 Å². The van der Waals surface area contributed by atoms with E-state index in [1.807, 2.05) is 29.8 Å². The third kappa shape index (κ3) is 3.37.